The zero-order chi connectivity index (χ0) is 15.6. The van der Waals surface area contributed by atoms with Gasteiger partial charge in [-0.25, -0.2) is 4.39 Å². The molecule has 1 aliphatic rings. The van der Waals surface area contributed by atoms with Crippen LogP contribution in [0, 0.1) is 5.82 Å². The van der Waals surface area contributed by atoms with Crippen LogP contribution in [0.4, 0.5) is 4.39 Å². The van der Waals surface area contributed by atoms with E-state index in [1.54, 1.807) is 6.07 Å². The van der Waals surface area contributed by atoms with Crippen LogP contribution in [-0.2, 0) is 0 Å². The van der Waals surface area contributed by atoms with Gasteiger partial charge in [-0.1, -0.05) is 37.3 Å². The molecule has 0 N–H and O–H groups in total. The first kappa shape index (κ1) is 16.9. The molecule has 2 nitrogen and oxygen atoms in total. The lowest BCUT2D eigenvalue weighted by Gasteiger charge is -2.38. The molecule has 1 aromatic rings. The highest BCUT2D eigenvalue weighted by molar-refractivity contribution is 9.10. The molecule has 21 heavy (non-hydrogen) atoms. The Morgan fingerprint density at radius 1 is 1.24 bits per heavy atom. The minimum absolute atomic E-state index is 0.0246. The number of Topliss-reactive ketones (excluding diaryl/α,β-unsaturated/α-hetero) is 1. The Morgan fingerprint density at radius 2 is 1.81 bits per heavy atom. The van der Waals surface area contributed by atoms with Crippen molar-refractivity contribution in [1.29, 1.82) is 0 Å². The van der Waals surface area contributed by atoms with Gasteiger partial charge in [0, 0.05) is 4.47 Å². The SMILES string of the molecule is CN(C)C1(C(=O)c2ccc(Br)c(Cl)c2F)CCCCCC1. The first-order valence-corrected chi connectivity index (χ1v) is 8.43. The Balaban J connectivity index is 2.46. The molecule has 1 aromatic carbocycles. The predicted octanol–water partition coefficient (Wildman–Crippen LogP) is 5.08. The number of halogens is 3. The molecule has 0 amide bonds. The third kappa shape index (κ3) is 3.17. The molecule has 0 atom stereocenters. The number of ketones is 1. The molecule has 0 saturated heterocycles. The smallest absolute Gasteiger partial charge is 0.186 e. The summed E-state index contributed by atoms with van der Waals surface area (Å²) >= 11 is 9.12. The van der Waals surface area contributed by atoms with Crippen molar-refractivity contribution in [3.63, 3.8) is 0 Å². The average Bonchev–Trinajstić information content (AvgIpc) is 2.71. The number of nitrogens with zero attached hydrogens (tertiary/aromatic N) is 1. The van der Waals surface area contributed by atoms with Gasteiger partial charge in [-0.15, -0.1) is 0 Å². The number of hydrogen-bond donors (Lipinski definition) is 0. The van der Waals surface area contributed by atoms with E-state index in [1.807, 2.05) is 19.0 Å². The molecule has 1 fully saturated rings. The molecule has 0 spiro atoms. The number of hydrogen-bond acceptors (Lipinski definition) is 2. The molecular weight excluding hydrogens is 357 g/mol. The lowest BCUT2D eigenvalue weighted by molar-refractivity contribution is 0.0630. The largest absolute Gasteiger partial charge is 0.297 e. The van der Waals surface area contributed by atoms with Crippen LogP contribution >= 0.6 is 27.5 Å². The summed E-state index contributed by atoms with van der Waals surface area (Å²) in [5, 5.41) is -0.0246. The molecular formula is C16H20BrClFNO. The van der Waals surface area contributed by atoms with E-state index in [4.69, 9.17) is 11.6 Å². The van der Waals surface area contributed by atoms with Crippen molar-refractivity contribution in [2.75, 3.05) is 14.1 Å². The minimum atomic E-state index is -0.624. The van der Waals surface area contributed by atoms with Gasteiger partial charge in [0.2, 0.25) is 0 Å². The molecule has 0 bridgehead atoms. The topological polar surface area (TPSA) is 20.3 Å². The predicted molar refractivity (Wildman–Crippen MR) is 87.6 cm³/mol. The summed E-state index contributed by atoms with van der Waals surface area (Å²) in [4.78, 5) is 15.0. The number of likely N-dealkylation sites (N-methyl/N-ethyl adjacent to an activating group) is 1. The zero-order valence-electron chi connectivity index (χ0n) is 12.4. The van der Waals surface area contributed by atoms with E-state index < -0.39 is 11.4 Å². The summed E-state index contributed by atoms with van der Waals surface area (Å²) in [5.74, 6) is -0.775. The van der Waals surface area contributed by atoms with Crippen LogP contribution < -0.4 is 0 Å². The zero-order valence-corrected chi connectivity index (χ0v) is 14.7. The van der Waals surface area contributed by atoms with E-state index in [0.717, 1.165) is 38.5 Å². The van der Waals surface area contributed by atoms with Crippen LogP contribution in [0.15, 0.2) is 16.6 Å². The fourth-order valence-corrected chi connectivity index (χ4v) is 3.61. The van der Waals surface area contributed by atoms with Crippen molar-refractivity contribution in [2.24, 2.45) is 0 Å². The third-order valence-electron chi connectivity index (χ3n) is 4.49. The van der Waals surface area contributed by atoms with Crippen LogP contribution in [-0.4, -0.2) is 30.3 Å². The Hall–Kier alpha value is -0.450. The lowest BCUT2D eigenvalue weighted by atomic mass is 9.81. The van der Waals surface area contributed by atoms with Crippen molar-refractivity contribution < 1.29 is 9.18 Å². The van der Waals surface area contributed by atoms with E-state index in [2.05, 4.69) is 15.9 Å². The van der Waals surface area contributed by atoms with E-state index in [0.29, 0.717) is 4.47 Å². The standard InChI is InChI=1S/C16H20BrClFNO/c1-20(2)16(9-5-3-4-6-10-16)15(21)11-7-8-12(17)13(18)14(11)19/h7-8H,3-6,9-10H2,1-2H3. The quantitative estimate of drug-likeness (QED) is 0.416. The van der Waals surface area contributed by atoms with Gasteiger partial charge in [-0.05, 0) is 55.0 Å². The van der Waals surface area contributed by atoms with Gasteiger partial charge < -0.3 is 0 Å². The minimum Gasteiger partial charge on any atom is -0.297 e. The molecule has 2 rings (SSSR count). The summed E-state index contributed by atoms with van der Waals surface area (Å²) in [7, 11) is 3.81. The lowest BCUT2D eigenvalue weighted by Crippen LogP contribution is -2.51. The number of carbonyl (C=O) groups excluding carboxylic acids is 1. The highest BCUT2D eigenvalue weighted by Crippen LogP contribution is 2.36. The number of rotatable bonds is 3. The maximum Gasteiger partial charge on any atom is 0.186 e. The molecule has 0 aromatic heterocycles. The van der Waals surface area contributed by atoms with Crippen LogP contribution in [0.1, 0.15) is 48.9 Å². The Labute approximate surface area is 138 Å². The molecule has 116 valence electrons. The van der Waals surface area contributed by atoms with E-state index in [9.17, 15) is 9.18 Å². The normalized spacial score (nSPS) is 18.6. The Bertz CT molecular complexity index is 539. The van der Waals surface area contributed by atoms with Crippen LogP contribution in [0.3, 0.4) is 0 Å². The van der Waals surface area contributed by atoms with E-state index in [-0.39, 0.29) is 16.4 Å². The molecule has 1 aliphatic carbocycles. The molecule has 0 aliphatic heterocycles. The highest BCUT2D eigenvalue weighted by atomic mass is 79.9. The second-order valence-corrected chi connectivity index (χ2v) is 7.12. The van der Waals surface area contributed by atoms with Gasteiger partial charge in [0.15, 0.2) is 11.6 Å². The van der Waals surface area contributed by atoms with Crippen LogP contribution in [0.5, 0.6) is 0 Å². The van der Waals surface area contributed by atoms with Gasteiger partial charge in [0.25, 0.3) is 0 Å². The second kappa shape index (κ2) is 6.76. The Kier molecular flexibility index (Phi) is 5.44. The first-order valence-electron chi connectivity index (χ1n) is 7.26. The molecule has 0 heterocycles. The van der Waals surface area contributed by atoms with Crippen molar-refractivity contribution >= 4 is 33.3 Å². The summed E-state index contributed by atoms with van der Waals surface area (Å²) in [6, 6.07) is 3.17. The van der Waals surface area contributed by atoms with Gasteiger partial charge in [-0.2, -0.15) is 0 Å². The van der Waals surface area contributed by atoms with Crippen molar-refractivity contribution in [2.45, 2.75) is 44.1 Å². The molecule has 0 unspecified atom stereocenters. The maximum atomic E-state index is 14.4. The van der Waals surface area contributed by atoms with Gasteiger partial charge in [0.1, 0.15) is 0 Å². The van der Waals surface area contributed by atoms with Gasteiger partial charge >= 0.3 is 0 Å². The average molecular weight is 377 g/mol. The van der Waals surface area contributed by atoms with E-state index >= 15 is 0 Å². The monoisotopic (exact) mass is 375 g/mol. The van der Waals surface area contributed by atoms with Crippen LogP contribution in [0.25, 0.3) is 0 Å². The van der Waals surface area contributed by atoms with Gasteiger partial charge in [-0.3, -0.25) is 9.69 Å². The third-order valence-corrected chi connectivity index (χ3v) is 5.75. The Morgan fingerprint density at radius 3 is 2.33 bits per heavy atom. The van der Waals surface area contributed by atoms with Crippen molar-refractivity contribution in [1.82, 2.24) is 4.90 Å². The summed E-state index contributed by atoms with van der Waals surface area (Å²) < 4.78 is 14.9. The van der Waals surface area contributed by atoms with Crippen molar-refractivity contribution in [3.05, 3.63) is 33.0 Å². The van der Waals surface area contributed by atoms with Gasteiger partial charge in [0.05, 0.1) is 16.1 Å². The molecule has 1 saturated carbocycles. The van der Waals surface area contributed by atoms with Crippen molar-refractivity contribution in [3.8, 4) is 0 Å². The highest BCUT2D eigenvalue weighted by Gasteiger charge is 2.42. The summed E-state index contributed by atoms with van der Waals surface area (Å²) in [6.45, 7) is 0. The summed E-state index contributed by atoms with van der Waals surface area (Å²) in [5.41, 5.74) is -0.520. The fraction of sp³-hybridized carbons (Fsp3) is 0.562. The maximum absolute atomic E-state index is 14.4. The summed E-state index contributed by atoms with van der Waals surface area (Å²) in [6.07, 6.45) is 5.79. The number of benzene rings is 1. The fourth-order valence-electron chi connectivity index (χ4n) is 3.14. The second-order valence-electron chi connectivity index (χ2n) is 5.89. The molecule has 5 heteroatoms. The van der Waals surface area contributed by atoms with E-state index in [1.165, 1.54) is 6.07 Å². The first-order chi connectivity index (χ1) is 9.90. The number of carbonyl (C=O) groups is 1. The van der Waals surface area contributed by atoms with Crippen LogP contribution in [0.2, 0.25) is 5.02 Å². The molecule has 0 radical (unpaired) electrons.